The molecule has 0 bridgehead atoms. The SMILES string of the molecule is [B]C(N)(C(=O)OC)C1CC1. The van der Waals surface area contributed by atoms with Gasteiger partial charge in [0.05, 0.1) is 12.5 Å². The number of nitrogens with two attached hydrogens (primary N) is 1. The molecule has 0 aliphatic heterocycles. The van der Waals surface area contributed by atoms with E-state index in [1.54, 1.807) is 0 Å². The minimum absolute atomic E-state index is 0.125. The molecular formula is C6H10BNO2. The lowest BCUT2D eigenvalue weighted by Crippen LogP contribution is -2.51. The summed E-state index contributed by atoms with van der Waals surface area (Å²) in [5.41, 5.74) is 4.24. The van der Waals surface area contributed by atoms with Crippen molar-refractivity contribution in [3.8, 4) is 0 Å². The van der Waals surface area contributed by atoms with Crippen LogP contribution in [0.1, 0.15) is 12.8 Å². The summed E-state index contributed by atoms with van der Waals surface area (Å²) in [6, 6.07) is 0. The second-order valence-corrected chi connectivity index (χ2v) is 2.70. The Morgan fingerprint density at radius 3 is 2.60 bits per heavy atom. The van der Waals surface area contributed by atoms with E-state index in [4.69, 9.17) is 13.6 Å². The number of methoxy groups -OCH3 is 1. The molecular weight excluding hydrogens is 129 g/mol. The molecule has 54 valence electrons. The van der Waals surface area contributed by atoms with Gasteiger partial charge in [-0.1, -0.05) is 0 Å². The summed E-state index contributed by atoms with van der Waals surface area (Å²) in [4.78, 5) is 10.8. The van der Waals surface area contributed by atoms with Crippen molar-refractivity contribution in [1.29, 1.82) is 0 Å². The fourth-order valence-electron chi connectivity index (χ4n) is 0.904. The minimum Gasteiger partial charge on any atom is -0.468 e. The minimum atomic E-state index is -1.24. The molecule has 0 spiro atoms. The lowest BCUT2D eigenvalue weighted by Gasteiger charge is -2.20. The van der Waals surface area contributed by atoms with Crippen LogP contribution in [0.25, 0.3) is 0 Å². The first-order valence-electron chi connectivity index (χ1n) is 3.25. The smallest absolute Gasteiger partial charge is 0.316 e. The van der Waals surface area contributed by atoms with Crippen molar-refractivity contribution in [3.05, 3.63) is 0 Å². The molecule has 0 heterocycles. The van der Waals surface area contributed by atoms with Gasteiger partial charge in [0.2, 0.25) is 0 Å². The van der Waals surface area contributed by atoms with E-state index in [2.05, 4.69) is 4.74 Å². The van der Waals surface area contributed by atoms with E-state index in [1.807, 2.05) is 0 Å². The van der Waals surface area contributed by atoms with E-state index in [-0.39, 0.29) is 5.92 Å². The van der Waals surface area contributed by atoms with Crippen molar-refractivity contribution in [2.45, 2.75) is 18.3 Å². The van der Waals surface area contributed by atoms with Crippen molar-refractivity contribution >= 4 is 13.8 Å². The van der Waals surface area contributed by atoms with Crippen LogP contribution in [0.2, 0.25) is 0 Å². The highest BCUT2D eigenvalue weighted by Crippen LogP contribution is 2.36. The van der Waals surface area contributed by atoms with E-state index in [1.165, 1.54) is 7.11 Å². The van der Waals surface area contributed by atoms with Gasteiger partial charge in [-0.15, -0.1) is 0 Å². The van der Waals surface area contributed by atoms with Crippen molar-refractivity contribution in [2.75, 3.05) is 7.11 Å². The van der Waals surface area contributed by atoms with Crippen LogP contribution in [0.15, 0.2) is 0 Å². The topological polar surface area (TPSA) is 52.3 Å². The van der Waals surface area contributed by atoms with Crippen LogP contribution in [-0.2, 0) is 9.53 Å². The average Bonchev–Trinajstić information content (AvgIpc) is 2.66. The molecule has 2 N–H and O–H groups in total. The Kier molecular flexibility index (Phi) is 1.73. The summed E-state index contributed by atoms with van der Waals surface area (Å²) in [6.45, 7) is 0. The van der Waals surface area contributed by atoms with Crippen LogP contribution < -0.4 is 5.73 Å². The van der Waals surface area contributed by atoms with E-state index in [9.17, 15) is 4.79 Å². The monoisotopic (exact) mass is 139 g/mol. The average molecular weight is 139 g/mol. The molecule has 1 fully saturated rings. The van der Waals surface area contributed by atoms with Crippen LogP contribution in [0.3, 0.4) is 0 Å². The molecule has 1 rings (SSSR count). The number of hydrogen-bond acceptors (Lipinski definition) is 3. The van der Waals surface area contributed by atoms with Crippen LogP contribution in [0.5, 0.6) is 0 Å². The maximum absolute atomic E-state index is 10.8. The van der Waals surface area contributed by atoms with Gasteiger partial charge in [0, 0.05) is 0 Å². The van der Waals surface area contributed by atoms with Gasteiger partial charge in [0.25, 0.3) is 0 Å². The van der Waals surface area contributed by atoms with E-state index >= 15 is 0 Å². The Morgan fingerprint density at radius 1 is 1.80 bits per heavy atom. The van der Waals surface area contributed by atoms with Gasteiger partial charge < -0.3 is 10.5 Å². The maximum atomic E-state index is 10.8. The molecule has 0 saturated heterocycles. The molecule has 4 heteroatoms. The number of carbonyl (C=O) groups is 1. The normalized spacial score (nSPS) is 23.4. The van der Waals surface area contributed by atoms with Gasteiger partial charge in [0.1, 0.15) is 7.85 Å². The van der Waals surface area contributed by atoms with Gasteiger partial charge in [-0.25, -0.2) is 0 Å². The summed E-state index contributed by atoms with van der Waals surface area (Å²) >= 11 is 0. The molecule has 1 unspecified atom stereocenters. The lowest BCUT2D eigenvalue weighted by atomic mass is 9.74. The Labute approximate surface area is 61.3 Å². The van der Waals surface area contributed by atoms with Crippen molar-refractivity contribution in [1.82, 2.24) is 0 Å². The zero-order valence-corrected chi connectivity index (χ0v) is 5.96. The second kappa shape index (κ2) is 2.27. The first kappa shape index (κ1) is 7.60. The third-order valence-electron chi connectivity index (χ3n) is 1.79. The van der Waals surface area contributed by atoms with Crippen LogP contribution in [0, 0.1) is 5.92 Å². The predicted octanol–water partition coefficient (Wildman–Crippen LogP) is -0.607. The fraction of sp³-hybridized carbons (Fsp3) is 0.833. The second-order valence-electron chi connectivity index (χ2n) is 2.70. The first-order valence-corrected chi connectivity index (χ1v) is 3.25. The van der Waals surface area contributed by atoms with Crippen molar-refractivity contribution < 1.29 is 9.53 Å². The largest absolute Gasteiger partial charge is 0.468 e. The Balaban J connectivity index is 2.56. The maximum Gasteiger partial charge on any atom is 0.316 e. The standard InChI is InChI=1S/C6H10BNO2/c1-10-5(9)6(7,8)4-2-3-4/h4H,2-3,8H2,1H3. The van der Waals surface area contributed by atoms with Gasteiger partial charge >= 0.3 is 5.97 Å². The Bertz CT molecular complexity index is 154. The number of esters is 1. The number of carbonyl (C=O) groups excluding carboxylic acids is 1. The lowest BCUT2D eigenvalue weighted by molar-refractivity contribution is -0.144. The molecule has 2 radical (unpaired) electrons. The van der Waals surface area contributed by atoms with Gasteiger partial charge in [-0.3, -0.25) is 4.79 Å². The zero-order chi connectivity index (χ0) is 7.78. The van der Waals surface area contributed by atoms with Gasteiger partial charge in [-0.05, 0) is 18.8 Å². The third-order valence-corrected chi connectivity index (χ3v) is 1.79. The molecule has 1 saturated carbocycles. The summed E-state index contributed by atoms with van der Waals surface area (Å²) in [6.07, 6.45) is 1.87. The summed E-state index contributed by atoms with van der Waals surface area (Å²) in [7, 11) is 6.77. The molecule has 0 aromatic rings. The van der Waals surface area contributed by atoms with Crippen LogP contribution in [0.4, 0.5) is 0 Å². The van der Waals surface area contributed by atoms with E-state index < -0.39 is 11.4 Å². The predicted molar refractivity (Wildman–Crippen MR) is 37.4 cm³/mol. The molecule has 3 nitrogen and oxygen atoms in total. The highest BCUT2D eigenvalue weighted by molar-refractivity contribution is 6.27. The fourth-order valence-corrected chi connectivity index (χ4v) is 0.904. The van der Waals surface area contributed by atoms with Gasteiger partial charge in [0.15, 0.2) is 0 Å². The summed E-state index contributed by atoms with van der Waals surface area (Å²) in [5, 5.41) is 0. The Morgan fingerprint density at radius 2 is 2.30 bits per heavy atom. The number of hydrogen-bond donors (Lipinski definition) is 1. The molecule has 0 amide bonds. The summed E-state index contributed by atoms with van der Waals surface area (Å²) < 4.78 is 4.43. The zero-order valence-electron chi connectivity index (χ0n) is 5.96. The van der Waals surface area contributed by atoms with Gasteiger partial charge in [-0.2, -0.15) is 0 Å². The molecule has 1 aliphatic rings. The van der Waals surface area contributed by atoms with E-state index in [0.29, 0.717) is 0 Å². The van der Waals surface area contributed by atoms with Crippen LogP contribution in [-0.4, -0.2) is 26.4 Å². The molecule has 0 aromatic carbocycles. The third kappa shape index (κ3) is 1.16. The highest BCUT2D eigenvalue weighted by Gasteiger charge is 2.44. The number of ether oxygens (including phenoxy) is 1. The first-order chi connectivity index (χ1) is 4.59. The van der Waals surface area contributed by atoms with Crippen LogP contribution >= 0.6 is 0 Å². The van der Waals surface area contributed by atoms with E-state index in [0.717, 1.165) is 12.8 Å². The molecule has 10 heavy (non-hydrogen) atoms. The number of rotatable bonds is 2. The summed E-state index contributed by atoms with van der Waals surface area (Å²) in [5.74, 6) is -0.394. The quantitative estimate of drug-likeness (QED) is 0.410. The van der Waals surface area contributed by atoms with Crippen molar-refractivity contribution in [3.63, 3.8) is 0 Å². The molecule has 0 aromatic heterocycles. The highest BCUT2D eigenvalue weighted by atomic mass is 16.5. The molecule has 1 aliphatic carbocycles. The van der Waals surface area contributed by atoms with Crippen molar-refractivity contribution in [2.24, 2.45) is 11.7 Å². The Hall–Kier alpha value is -0.505. The molecule has 1 atom stereocenters.